The van der Waals surface area contributed by atoms with Crippen molar-refractivity contribution in [3.63, 3.8) is 0 Å². The first-order valence-corrected chi connectivity index (χ1v) is 6.35. The van der Waals surface area contributed by atoms with Crippen molar-refractivity contribution in [3.8, 4) is 0 Å². The molecule has 2 rings (SSSR count). The fraction of sp³-hybridized carbons (Fsp3) is 0.462. The van der Waals surface area contributed by atoms with Crippen LogP contribution in [0.3, 0.4) is 0 Å². The lowest BCUT2D eigenvalue weighted by Gasteiger charge is -2.10. The molecule has 0 spiro atoms. The number of nitro benzene ring substituents is 1. The molecule has 1 aliphatic carbocycles. The molecule has 0 aliphatic heterocycles. The standard InChI is InChI=1S/C13H17N3O3/c1-9-11(3-2-4-12(9)16(18)19)14-7-8-15-13(17)10-5-6-10/h2-4,10,14H,5-8H2,1H3,(H,15,17). The van der Waals surface area contributed by atoms with E-state index in [4.69, 9.17) is 0 Å². The first-order valence-electron chi connectivity index (χ1n) is 6.35. The first-order chi connectivity index (χ1) is 9.09. The van der Waals surface area contributed by atoms with Crippen LogP contribution in [0, 0.1) is 23.0 Å². The summed E-state index contributed by atoms with van der Waals surface area (Å²) < 4.78 is 0. The second-order valence-electron chi connectivity index (χ2n) is 4.70. The highest BCUT2D eigenvalue weighted by atomic mass is 16.6. The van der Waals surface area contributed by atoms with Gasteiger partial charge in [-0.15, -0.1) is 0 Å². The van der Waals surface area contributed by atoms with Gasteiger partial charge in [-0.25, -0.2) is 0 Å². The van der Waals surface area contributed by atoms with E-state index in [1.54, 1.807) is 19.1 Å². The summed E-state index contributed by atoms with van der Waals surface area (Å²) >= 11 is 0. The van der Waals surface area contributed by atoms with Crippen molar-refractivity contribution in [2.24, 2.45) is 5.92 Å². The Balaban J connectivity index is 1.83. The summed E-state index contributed by atoms with van der Waals surface area (Å²) in [6.45, 7) is 2.79. The second kappa shape index (κ2) is 5.69. The van der Waals surface area contributed by atoms with Gasteiger partial charge in [0.15, 0.2) is 0 Å². The van der Waals surface area contributed by atoms with Gasteiger partial charge in [0.25, 0.3) is 5.69 Å². The summed E-state index contributed by atoms with van der Waals surface area (Å²) in [7, 11) is 0. The van der Waals surface area contributed by atoms with Gasteiger partial charge in [-0.1, -0.05) is 6.07 Å². The lowest BCUT2D eigenvalue weighted by molar-refractivity contribution is -0.385. The third-order valence-corrected chi connectivity index (χ3v) is 3.19. The van der Waals surface area contributed by atoms with Gasteiger partial charge in [-0.3, -0.25) is 14.9 Å². The normalized spacial score (nSPS) is 13.9. The number of benzene rings is 1. The van der Waals surface area contributed by atoms with E-state index in [9.17, 15) is 14.9 Å². The summed E-state index contributed by atoms with van der Waals surface area (Å²) in [6.07, 6.45) is 1.98. The number of nitrogens with zero attached hydrogens (tertiary/aromatic N) is 1. The number of nitro groups is 1. The molecular formula is C13H17N3O3. The van der Waals surface area contributed by atoms with Gasteiger partial charge in [0.05, 0.1) is 4.92 Å². The molecule has 0 radical (unpaired) electrons. The van der Waals surface area contributed by atoms with Gasteiger partial charge >= 0.3 is 0 Å². The summed E-state index contributed by atoms with van der Waals surface area (Å²) in [5.74, 6) is 0.317. The zero-order valence-electron chi connectivity index (χ0n) is 10.8. The lowest BCUT2D eigenvalue weighted by Crippen LogP contribution is -2.29. The number of carbonyl (C=O) groups excluding carboxylic acids is 1. The molecule has 102 valence electrons. The van der Waals surface area contributed by atoms with Crippen molar-refractivity contribution in [2.45, 2.75) is 19.8 Å². The van der Waals surface area contributed by atoms with Crippen molar-refractivity contribution in [2.75, 3.05) is 18.4 Å². The Hall–Kier alpha value is -2.11. The van der Waals surface area contributed by atoms with E-state index in [0.717, 1.165) is 18.5 Å². The maximum absolute atomic E-state index is 11.4. The number of amides is 1. The summed E-state index contributed by atoms with van der Waals surface area (Å²) in [5, 5.41) is 16.7. The van der Waals surface area contributed by atoms with Gasteiger partial charge in [-0.05, 0) is 25.8 Å². The van der Waals surface area contributed by atoms with Crippen LogP contribution in [0.25, 0.3) is 0 Å². The molecule has 0 unspecified atom stereocenters. The Morgan fingerprint density at radius 2 is 2.16 bits per heavy atom. The molecule has 1 fully saturated rings. The summed E-state index contributed by atoms with van der Waals surface area (Å²) in [6, 6.07) is 4.93. The van der Waals surface area contributed by atoms with E-state index in [0.29, 0.717) is 18.7 Å². The van der Waals surface area contributed by atoms with Crippen molar-refractivity contribution < 1.29 is 9.72 Å². The third kappa shape index (κ3) is 3.43. The molecule has 6 heteroatoms. The number of anilines is 1. The summed E-state index contributed by atoms with van der Waals surface area (Å²) in [5.41, 5.74) is 1.45. The molecule has 6 nitrogen and oxygen atoms in total. The van der Waals surface area contributed by atoms with Crippen LogP contribution in [0.1, 0.15) is 18.4 Å². The number of nitrogens with one attached hydrogen (secondary N) is 2. The topological polar surface area (TPSA) is 84.3 Å². The third-order valence-electron chi connectivity index (χ3n) is 3.19. The van der Waals surface area contributed by atoms with Crippen molar-refractivity contribution in [1.29, 1.82) is 0 Å². The average Bonchev–Trinajstić information content (AvgIpc) is 3.19. The van der Waals surface area contributed by atoms with Gasteiger partial charge < -0.3 is 10.6 Å². The van der Waals surface area contributed by atoms with Crippen molar-refractivity contribution in [1.82, 2.24) is 5.32 Å². The highest BCUT2D eigenvalue weighted by Crippen LogP contribution is 2.28. The second-order valence-corrected chi connectivity index (χ2v) is 4.70. The Morgan fingerprint density at radius 3 is 2.79 bits per heavy atom. The molecule has 0 heterocycles. The maximum atomic E-state index is 11.4. The van der Waals surface area contributed by atoms with E-state index in [-0.39, 0.29) is 17.5 Å². The van der Waals surface area contributed by atoms with Gasteiger partial charge in [0, 0.05) is 36.3 Å². The number of carbonyl (C=O) groups is 1. The van der Waals surface area contributed by atoms with E-state index < -0.39 is 4.92 Å². The van der Waals surface area contributed by atoms with Gasteiger partial charge in [0.2, 0.25) is 5.91 Å². The molecular weight excluding hydrogens is 246 g/mol. The summed E-state index contributed by atoms with van der Waals surface area (Å²) in [4.78, 5) is 21.8. The van der Waals surface area contributed by atoms with E-state index in [2.05, 4.69) is 10.6 Å². The minimum Gasteiger partial charge on any atom is -0.383 e. The van der Waals surface area contributed by atoms with Crippen molar-refractivity contribution >= 4 is 17.3 Å². The largest absolute Gasteiger partial charge is 0.383 e. The molecule has 0 saturated heterocycles. The molecule has 0 atom stereocenters. The van der Waals surface area contributed by atoms with Crippen LogP contribution in [0.5, 0.6) is 0 Å². The monoisotopic (exact) mass is 263 g/mol. The van der Waals surface area contributed by atoms with E-state index in [1.807, 2.05) is 0 Å². The number of hydrogen-bond acceptors (Lipinski definition) is 4. The highest BCUT2D eigenvalue weighted by Gasteiger charge is 2.28. The fourth-order valence-corrected chi connectivity index (χ4v) is 1.89. The quantitative estimate of drug-likeness (QED) is 0.466. The van der Waals surface area contributed by atoms with Crippen molar-refractivity contribution in [3.05, 3.63) is 33.9 Å². The van der Waals surface area contributed by atoms with Gasteiger partial charge in [0.1, 0.15) is 0 Å². The van der Waals surface area contributed by atoms with E-state index >= 15 is 0 Å². The molecule has 19 heavy (non-hydrogen) atoms. The first kappa shape index (κ1) is 13.3. The zero-order valence-corrected chi connectivity index (χ0v) is 10.8. The zero-order chi connectivity index (χ0) is 13.8. The minimum absolute atomic E-state index is 0.104. The highest BCUT2D eigenvalue weighted by molar-refractivity contribution is 5.80. The Kier molecular flexibility index (Phi) is 3.99. The van der Waals surface area contributed by atoms with Crippen LogP contribution in [0.15, 0.2) is 18.2 Å². The predicted octanol–water partition coefficient (Wildman–Crippen LogP) is 1.84. The number of hydrogen-bond donors (Lipinski definition) is 2. The molecule has 1 aliphatic rings. The molecule has 1 amide bonds. The molecule has 0 aromatic heterocycles. The van der Waals surface area contributed by atoms with Crippen LogP contribution in [-0.2, 0) is 4.79 Å². The van der Waals surface area contributed by atoms with Crippen LogP contribution in [0.2, 0.25) is 0 Å². The molecule has 0 bridgehead atoms. The van der Waals surface area contributed by atoms with E-state index in [1.165, 1.54) is 6.07 Å². The van der Waals surface area contributed by atoms with Crippen LogP contribution < -0.4 is 10.6 Å². The van der Waals surface area contributed by atoms with Gasteiger partial charge in [-0.2, -0.15) is 0 Å². The molecule has 1 saturated carbocycles. The number of rotatable bonds is 6. The SMILES string of the molecule is Cc1c(NCCNC(=O)C2CC2)cccc1[N+](=O)[O-]. The fourth-order valence-electron chi connectivity index (χ4n) is 1.89. The molecule has 2 N–H and O–H groups in total. The smallest absolute Gasteiger partial charge is 0.274 e. The predicted molar refractivity (Wildman–Crippen MR) is 72.1 cm³/mol. The molecule has 1 aromatic carbocycles. The Bertz CT molecular complexity index is 498. The maximum Gasteiger partial charge on any atom is 0.274 e. The lowest BCUT2D eigenvalue weighted by atomic mass is 10.1. The Morgan fingerprint density at radius 1 is 1.42 bits per heavy atom. The Labute approximate surface area is 111 Å². The molecule has 1 aromatic rings. The van der Waals surface area contributed by atoms with Crippen LogP contribution in [0.4, 0.5) is 11.4 Å². The minimum atomic E-state index is -0.393. The average molecular weight is 263 g/mol. The van der Waals surface area contributed by atoms with Crippen LogP contribution in [-0.4, -0.2) is 23.9 Å². The van der Waals surface area contributed by atoms with Crippen LogP contribution >= 0.6 is 0 Å².